The molecule has 0 aliphatic carbocycles. The Balaban J connectivity index is 2.06. The van der Waals surface area contributed by atoms with E-state index in [0.29, 0.717) is 22.9 Å². The van der Waals surface area contributed by atoms with E-state index < -0.39 is 0 Å². The van der Waals surface area contributed by atoms with Crippen molar-refractivity contribution in [1.82, 2.24) is 4.90 Å². The van der Waals surface area contributed by atoms with Gasteiger partial charge in [0.15, 0.2) is 0 Å². The summed E-state index contributed by atoms with van der Waals surface area (Å²) in [5.74, 6) is 2.11. The number of hydrogen-bond acceptors (Lipinski definition) is 5. The number of nitrogens with zero attached hydrogens (tertiary/aromatic N) is 1. The van der Waals surface area contributed by atoms with Gasteiger partial charge in [-0.1, -0.05) is 6.07 Å². The van der Waals surface area contributed by atoms with Crippen LogP contribution in [0.1, 0.15) is 6.92 Å². The molecule has 5 heteroatoms. The van der Waals surface area contributed by atoms with Crippen LogP contribution >= 0.6 is 0 Å². The van der Waals surface area contributed by atoms with Crippen molar-refractivity contribution in [2.24, 2.45) is 0 Å². The van der Waals surface area contributed by atoms with Gasteiger partial charge in [-0.2, -0.15) is 0 Å². The fraction of sp³-hybridized carbons (Fsp3) is 0.294. The third kappa shape index (κ3) is 4.56. The van der Waals surface area contributed by atoms with E-state index in [-0.39, 0.29) is 6.10 Å². The van der Waals surface area contributed by atoms with Crippen molar-refractivity contribution >= 4 is 11.4 Å². The molecule has 0 aliphatic heterocycles. The first-order valence-electron chi connectivity index (χ1n) is 7.18. The molecular formula is C17H23N3O2. The number of nitrogens with two attached hydrogens (primary N) is 2. The second-order valence-electron chi connectivity index (χ2n) is 5.56. The molecule has 5 nitrogen and oxygen atoms in total. The van der Waals surface area contributed by atoms with Gasteiger partial charge in [-0.15, -0.1) is 0 Å². The Kier molecular flexibility index (Phi) is 5.12. The summed E-state index contributed by atoms with van der Waals surface area (Å²) in [6.45, 7) is 2.88. The summed E-state index contributed by atoms with van der Waals surface area (Å²) in [6.07, 6.45) is 0.0948. The van der Waals surface area contributed by atoms with Crippen LogP contribution in [0.25, 0.3) is 0 Å². The number of anilines is 2. The molecule has 0 saturated carbocycles. The highest BCUT2D eigenvalue weighted by atomic mass is 16.5. The molecule has 2 aromatic carbocycles. The van der Waals surface area contributed by atoms with Crippen LogP contribution in [0.15, 0.2) is 42.5 Å². The number of rotatable bonds is 6. The van der Waals surface area contributed by atoms with Gasteiger partial charge < -0.3 is 25.8 Å². The van der Waals surface area contributed by atoms with Gasteiger partial charge in [0, 0.05) is 18.7 Å². The number of benzene rings is 2. The molecule has 0 fully saturated rings. The number of hydrogen-bond donors (Lipinski definition) is 2. The van der Waals surface area contributed by atoms with Crippen LogP contribution in [0.2, 0.25) is 0 Å². The average molecular weight is 301 g/mol. The normalized spacial score (nSPS) is 12.2. The van der Waals surface area contributed by atoms with Crippen LogP contribution < -0.4 is 20.9 Å². The lowest BCUT2D eigenvalue weighted by molar-refractivity contribution is 0.176. The number of likely N-dealkylation sites (N-methyl/N-ethyl adjacent to an activating group) is 1. The molecule has 118 valence electrons. The lowest BCUT2D eigenvalue weighted by Crippen LogP contribution is -2.27. The molecule has 0 heterocycles. The van der Waals surface area contributed by atoms with Crippen LogP contribution in [0, 0.1) is 0 Å². The van der Waals surface area contributed by atoms with E-state index >= 15 is 0 Å². The van der Waals surface area contributed by atoms with Gasteiger partial charge in [0.1, 0.15) is 23.4 Å². The second kappa shape index (κ2) is 7.04. The summed E-state index contributed by atoms with van der Waals surface area (Å²) in [4.78, 5) is 2.09. The molecule has 0 aliphatic rings. The Morgan fingerprint density at radius 3 is 2.32 bits per heavy atom. The SMILES string of the molecule is CC(CN(C)C)Oc1cccc(Oc2ccc(N)c(N)c2)c1. The topological polar surface area (TPSA) is 73.7 Å². The first kappa shape index (κ1) is 16.0. The third-order valence-electron chi connectivity index (χ3n) is 3.06. The summed E-state index contributed by atoms with van der Waals surface area (Å²) in [7, 11) is 4.04. The molecule has 0 saturated heterocycles. The molecule has 2 rings (SSSR count). The monoisotopic (exact) mass is 301 g/mol. The Bertz CT molecular complexity index is 629. The van der Waals surface area contributed by atoms with E-state index in [0.717, 1.165) is 12.3 Å². The van der Waals surface area contributed by atoms with Gasteiger partial charge in [-0.25, -0.2) is 0 Å². The van der Waals surface area contributed by atoms with E-state index in [9.17, 15) is 0 Å². The molecular weight excluding hydrogens is 278 g/mol. The summed E-state index contributed by atoms with van der Waals surface area (Å²) in [5, 5.41) is 0. The molecule has 0 bridgehead atoms. The van der Waals surface area contributed by atoms with E-state index in [1.165, 1.54) is 0 Å². The van der Waals surface area contributed by atoms with Crippen LogP contribution in [0.3, 0.4) is 0 Å². The molecule has 0 aromatic heterocycles. The van der Waals surface area contributed by atoms with Crippen molar-refractivity contribution in [2.45, 2.75) is 13.0 Å². The minimum atomic E-state index is 0.0948. The van der Waals surface area contributed by atoms with Gasteiger partial charge in [0.05, 0.1) is 11.4 Å². The van der Waals surface area contributed by atoms with Crippen molar-refractivity contribution in [1.29, 1.82) is 0 Å². The molecule has 0 radical (unpaired) electrons. The predicted molar refractivity (Wildman–Crippen MR) is 90.4 cm³/mol. The largest absolute Gasteiger partial charge is 0.489 e. The zero-order valence-electron chi connectivity index (χ0n) is 13.2. The highest BCUT2D eigenvalue weighted by Crippen LogP contribution is 2.28. The van der Waals surface area contributed by atoms with E-state index in [4.69, 9.17) is 20.9 Å². The third-order valence-corrected chi connectivity index (χ3v) is 3.06. The Morgan fingerprint density at radius 1 is 0.955 bits per heavy atom. The lowest BCUT2D eigenvalue weighted by atomic mass is 10.2. The first-order valence-corrected chi connectivity index (χ1v) is 7.18. The fourth-order valence-corrected chi connectivity index (χ4v) is 2.15. The minimum Gasteiger partial charge on any atom is -0.489 e. The molecule has 0 amide bonds. The quantitative estimate of drug-likeness (QED) is 0.802. The van der Waals surface area contributed by atoms with E-state index in [1.54, 1.807) is 18.2 Å². The van der Waals surface area contributed by atoms with Crippen LogP contribution in [-0.2, 0) is 0 Å². The highest BCUT2D eigenvalue weighted by Gasteiger charge is 2.07. The molecule has 4 N–H and O–H groups in total. The van der Waals surface area contributed by atoms with Crippen LogP contribution in [-0.4, -0.2) is 31.6 Å². The van der Waals surface area contributed by atoms with Crippen molar-refractivity contribution < 1.29 is 9.47 Å². The molecule has 2 aromatic rings. The highest BCUT2D eigenvalue weighted by molar-refractivity contribution is 5.65. The summed E-state index contributed by atoms with van der Waals surface area (Å²) < 4.78 is 11.7. The standard InChI is InChI=1S/C17H23N3O2/c1-12(11-20(2)3)21-13-5-4-6-14(9-13)22-15-7-8-16(18)17(19)10-15/h4-10,12H,11,18-19H2,1-3H3. The van der Waals surface area contributed by atoms with Crippen LogP contribution in [0.4, 0.5) is 11.4 Å². The summed E-state index contributed by atoms with van der Waals surface area (Å²) >= 11 is 0. The second-order valence-corrected chi connectivity index (χ2v) is 5.56. The molecule has 0 spiro atoms. The van der Waals surface area contributed by atoms with Crippen molar-refractivity contribution in [3.63, 3.8) is 0 Å². The van der Waals surface area contributed by atoms with Crippen molar-refractivity contribution in [3.05, 3.63) is 42.5 Å². The molecule has 1 atom stereocenters. The van der Waals surface area contributed by atoms with Gasteiger partial charge in [-0.3, -0.25) is 0 Å². The molecule has 1 unspecified atom stereocenters. The van der Waals surface area contributed by atoms with Gasteiger partial charge in [0.25, 0.3) is 0 Å². The minimum absolute atomic E-state index is 0.0948. The van der Waals surface area contributed by atoms with Gasteiger partial charge in [-0.05, 0) is 45.3 Å². The van der Waals surface area contributed by atoms with Crippen molar-refractivity contribution in [2.75, 3.05) is 32.1 Å². The zero-order valence-corrected chi connectivity index (χ0v) is 13.2. The predicted octanol–water partition coefficient (Wildman–Crippen LogP) is 2.97. The maximum Gasteiger partial charge on any atom is 0.131 e. The van der Waals surface area contributed by atoms with Gasteiger partial charge >= 0.3 is 0 Å². The maximum atomic E-state index is 5.88. The lowest BCUT2D eigenvalue weighted by Gasteiger charge is -2.19. The smallest absolute Gasteiger partial charge is 0.131 e. The van der Waals surface area contributed by atoms with Gasteiger partial charge in [0.2, 0.25) is 0 Å². The molecule has 22 heavy (non-hydrogen) atoms. The Morgan fingerprint density at radius 2 is 1.64 bits per heavy atom. The number of nitrogen functional groups attached to an aromatic ring is 2. The van der Waals surface area contributed by atoms with Crippen LogP contribution in [0.5, 0.6) is 17.2 Å². The van der Waals surface area contributed by atoms with Crippen molar-refractivity contribution in [3.8, 4) is 17.2 Å². The summed E-state index contributed by atoms with van der Waals surface area (Å²) in [6, 6.07) is 12.8. The Labute approximate surface area is 131 Å². The number of ether oxygens (including phenoxy) is 2. The van der Waals surface area contributed by atoms with E-state index in [1.807, 2.05) is 45.3 Å². The zero-order chi connectivity index (χ0) is 16.1. The fourth-order valence-electron chi connectivity index (χ4n) is 2.15. The summed E-state index contributed by atoms with van der Waals surface area (Å²) in [5.41, 5.74) is 12.5. The average Bonchev–Trinajstić information content (AvgIpc) is 2.42. The maximum absolute atomic E-state index is 5.88. The Hall–Kier alpha value is -2.40. The van der Waals surface area contributed by atoms with E-state index in [2.05, 4.69) is 4.90 Å². The first-order chi connectivity index (χ1) is 10.4.